The SMILES string of the molecule is C=C(Br)C(=O)Nc1cccc2c(O)c(N=Nc3cc([N+](=O)[O-])ccc3O)c(S(=O)(=O)O)cc12. The van der Waals surface area contributed by atoms with E-state index in [1.807, 2.05) is 0 Å². The smallest absolute Gasteiger partial charge is 0.296 e. The number of anilines is 1. The molecule has 3 rings (SSSR count). The van der Waals surface area contributed by atoms with Crippen LogP contribution in [0.5, 0.6) is 11.5 Å². The van der Waals surface area contributed by atoms with Crippen LogP contribution in [0, 0.1) is 10.1 Å². The van der Waals surface area contributed by atoms with Gasteiger partial charge in [-0.3, -0.25) is 19.5 Å². The molecule has 3 aromatic carbocycles. The standard InChI is InChI=1S/C19H13BrN4O8S/c1-9(20)19(27)21-13-4-2-3-11-12(13)8-16(33(30,31)32)17(18(11)26)23-22-14-7-10(24(28)29)5-6-15(14)25/h2-8,25-26H,1H2,(H,21,27)(H,30,31,32). The number of nitro benzene ring substituents is 1. The second kappa shape index (κ2) is 8.93. The van der Waals surface area contributed by atoms with Crippen LogP contribution in [0.3, 0.4) is 0 Å². The summed E-state index contributed by atoms with van der Waals surface area (Å²) < 4.78 is 33.7. The van der Waals surface area contributed by atoms with E-state index in [1.165, 1.54) is 18.2 Å². The fraction of sp³-hybridized carbons (Fsp3) is 0. The molecule has 12 nitrogen and oxygen atoms in total. The number of azo groups is 1. The van der Waals surface area contributed by atoms with Crippen molar-refractivity contribution in [2.45, 2.75) is 4.90 Å². The Bertz CT molecular complexity index is 1470. The van der Waals surface area contributed by atoms with Crippen LogP contribution in [0.2, 0.25) is 0 Å². The van der Waals surface area contributed by atoms with Crippen LogP contribution in [-0.2, 0) is 14.9 Å². The summed E-state index contributed by atoms with van der Waals surface area (Å²) >= 11 is 2.91. The molecular weight excluding hydrogens is 524 g/mol. The van der Waals surface area contributed by atoms with E-state index in [0.29, 0.717) is 0 Å². The third-order valence-electron chi connectivity index (χ3n) is 4.29. The lowest BCUT2D eigenvalue weighted by molar-refractivity contribution is -0.384. The Hall–Kier alpha value is -3.88. The number of halogens is 1. The maximum Gasteiger partial charge on any atom is 0.296 e. The fourth-order valence-electron chi connectivity index (χ4n) is 2.77. The molecule has 0 aliphatic heterocycles. The van der Waals surface area contributed by atoms with Crippen LogP contribution in [0.25, 0.3) is 10.8 Å². The van der Waals surface area contributed by atoms with Crippen molar-refractivity contribution in [2.75, 3.05) is 5.32 Å². The van der Waals surface area contributed by atoms with Gasteiger partial charge in [-0.15, -0.1) is 10.2 Å². The van der Waals surface area contributed by atoms with Crippen molar-refractivity contribution in [1.82, 2.24) is 0 Å². The van der Waals surface area contributed by atoms with Gasteiger partial charge >= 0.3 is 0 Å². The highest BCUT2D eigenvalue weighted by molar-refractivity contribution is 9.12. The molecule has 0 bridgehead atoms. The van der Waals surface area contributed by atoms with E-state index < -0.39 is 48.7 Å². The van der Waals surface area contributed by atoms with E-state index in [-0.39, 0.29) is 26.6 Å². The minimum absolute atomic E-state index is 0.0130. The van der Waals surface area contributed by atoms with Crippen molar-refractivity contribution in [3.63, 3.8) is 0 Å². The Labute approximate surface area is 193 Å². The van der Waals surface area contributed by atoms with Gasteiger partial charge in [0.25, 0.3) is 21.7 Å². The summed E-state index contributed by atoms with van der Waals surface area (Å²) in [6, 6.07) is 8.11. The monoisotopic (exact) mass is 536 g/mol. The Morgan fingerprint density at radius 2 is 1.82 bits per heavy atom. The highest BCUT2D eigenvalue weighted by Crippen LogP contribution is 2.44. The third kappa shape index (κ3) is 4.97. The van der Waals surface area contributed by atoms with Crippen LogP contribution < -0.4 is 5.32 Å². The summed E-state index contributed by atoms with van der Waals surface area (Å²) in [5, 5.41) is 41.3. The molecule has 0 aliphatic rings. The van der Waals surface area contributed by atoms with Crippen molar-refractivity contribution < 1.29 is 32.9 Å². The number of phenols is 2. The molecule has 0 unspecified atom stereocenters. The number of non-ortho nitro benzene ring substituents is 1. The first kappa shape index (κ1) is 23.8. The summed E-state index contributed by atoms with van der Waals surface area (Å²) in [7, 11) is -4.97. The molecule has 0 saturated carbocycles. The van der Waals surface area contributed by atoms with E-state index in [1.54, 1.807) is 0 Å². The molecule has 170 valence electrons. The van der Waals surface area contributed by atoms with Gasteiger partial charge < -0.3 is 15.5 Å². The van der Waals surface area contributed by atoms with Gasteiger partial charge in [0.15, 0.2) is 5.75 Å². The number of carbonyl (C=O) groups excluding carboxylic acids is 1. The Morgan fingerprint density at radius 3 is 2.42 bits per heavy atom. The van der Waals surface area contributed by atoms with Crippen LogP contribution >= 0.6 is 15.9 Å². The zero-order valence-electron chi connectivity index (χ0n) is 16.3. The van der Waals surface area contributed by atoms with Gasteiger partial charge in [-0.2, -0.15) is 8.42 Å². The van der Waals surface area contributed by atoms with Crippen molar-refractivity contribution in [1.29, 1.82) is 0 Å². The number of fused-ring (bicyclic) bond motifs is 1. The summed E-state index contributed by atoms with van der Waals surface area (Å²) in [6.07, 6.45) is 0. The van der Waals surface area contributed by atoms with Crippen LogP contribution in [0.1, 0.15) is 0 Å². The van der Waals surface area contributed by atoms with E-state index in [9.17, 15) is 38.1 Å². The first-order valence-corrected chi connectivity index (χ1v) is 10.9. The van der Waals surface area contributed by atoms with Crippen molar-refractivity contribution in [3.8, 4) is 11.5 Å². The van der Waals surface area contributed by atoms with Crippen LogP contribution in [-0.4, -0.2) is 34.0 Å². The predicted octanol–water partition coefficient (Wildman–Crippen LogP) is 4.67. The van der Waals surface area contributed by atoms with Crippen molar-refractivity contribution in [3.05, 3.63) is 63.6 Å². The number of rotatable bonds is 6. The number of benzene rings is 3. The first-order valence-electron chi connectivity index (χ1n) is 8.71. The van der Waals surface area contributed by atoms with Gasteiger partial charge in [0.05, 0.1) is 9.41 Å². The van der Waals surface area contributed by atoms with E-state index >= 15 is 0 Å². The summed E-state index contributed by atoms with van der Waals surface area (Å²) in [5.41, 5.74) is -1.41. The molecule has 1 amide bonds. The number of hydrogen-bond donors (Lipinski definition) is 4. The predicted molar refractivity (Wildman–Crippen MR) is 121 cm³/mol. The number of amides is 1. The maximum absolute atomic E-state index is 12.0. The zero-order valence-corrected chi connectivity index (χ0v) is 18.7. The molecular formula is C19H13BrN4O8S. The number of aromatic hydroxyl groups is 2. The number of hydrogen-bond acceptors (Lipinski definition) is 9. The molecule has 0 aromatic heterocycles. The minimum atomic E-state index is -4.97. The Morgan fingerprint density at radius 1 is 1.12 bits per heavy atom. The van der Waals surface area contributed by atoms with E-state index in [4.69, 9.17) is 0 Å². The first-order chi connectivity index (χ1) is 15.4. The summed E-state index contributed by atoms with van der Waals surface area (Å²) in [6.45, 7) is 3.43. The van der Waals surface area contributed by atoms with Gasteiger partial charge in [-0.1, -0.05) is 18.7 Å². The molecule has 0 fully saturated rings. The minimum Gasteiger partial charge on any atom is -0.506 e. The molecule has 3 aromatic rings. The average Bonchev–Trinajstić information content (AvgIpc) is 2.73. The van der Waals surface area contributed by atoms with Gasteiger partial charge in [0.1, 0.15) is 22.0 Å². The number of carbonyl (C=O) groups is 1. The molecule has 0 heterocycles. The Kier molecular flexibility index (Phi) is 6.44. The largest absolute Gasteiger partial charge is 0.506 e. The molecule has 33 heavy (non-hydrogen) atoms. The van der Waals surface area contributed by atoms with Crippen LogP contribution in [0.4, 0.5) is 22.7 Å². The third-order valence-corrected chi connectivity index (χ3v) is 5.52. The molecule has 4 N–H and O–H groups in total. The van der Waals surface area contributed by atoms with E-state index in [2.05, 4.69) is 38.1 Å². The van der Waals surface area contributed by atoms with Crippen molar-refractivity contribution >= 4 is 65.5 Å². The van der Waals surface area contributed by atoms with Gasteiger partial charge in [0, 0.05) is 28.6 Å². The molecule has 0 radical (unpaired) electrons. The molecule has 0 atom stereocenters. The lowest BCUT2D eigenvalue weighted by atomic mass is 10.1. The number of nitrogens with zero attached hydrogens (tertiary/aromatic N) is 3. The number of nitro groups is 1. The van der Waals surface area contributed by atoms with Crippen LogP contribution in [0.15, 0.2) is 68.6 Å². The maximum atomic E-state index is 12.0. The summed E-state index contributed by atoms with van der Waals surface area (Å²) in [5.74, 6) is -1.86. The molecule has 0 saturated heterocycles. The lowest BCUT2D eigenvalue weighted by Crippen LogP contribution is -2.11. The molecule has 14 heteroatoms. The number of phenolic OH excluding ortho intramolecular Hbond substituents is 2. The van der Waals surface area contributed by atoms with Gasteiger partial charge in [-0.05, 0) is 34.1 Å². The Balaban J connectivity index is 2.24. The highest BCUT2D eigenvalue weighted by atomic mass is 79.9. The average molecular weight is 537 g/mol. The second-order valence-corrected chi connectivity index (χ2v) is 8.78. The second-order valence-electron chi connectivity index (χ2n) is 6.44. The zero-order chi connectivity index (χ0) is 24.5. The summed E-state index contributed by atoms with van der Waals surface area (Å²) in [4.78, 5) is 21.3. The number of nitrogens with one attached hydrogen (secondary N) is 1. The molecule has 0 aliphatic carbocycles. The lowest BCUT2D eigenvalue weighted by Gasteiger charge is -2.12. The fourth-order valence-corrected chi connectivity index (χ4v) is 3.52. The van der Waals surface area contributed by atoms with Crippen molar-refractivity contribution in [2.24, 2.45) is 10.2 Å². The van der Waals surface area contributed by atoms with Gasteiger partial charge in [-0.25, -0.2) is 0 Å². The normalized spacial score (nSPS) is 11.6. The highest BCUT2D eigenvalue weighted by Gasteiger charge is 2.24. The topological polar surface area (TPSA) is 192 Å². The van der Waals surface area contributed by atoms with Gasteiger partial charge in [0.2, 0.25) is 0 Å². The quantitative estimate of drug-likeness (QED) is 0.115. The van der Waals surface area contributed by atoms with E-state index in [0.717, 1.165) is 24.3 Å². The molecule has 0 spiro atoms.